The largest absolute Gasteiger partial charge is 0.396 e. The maximum atomic E-state index is 10.5. The van der Waals surface area contributed by atoms with Crippen molar-refractivity contribution in [1.82, 2.24) is 0 Å². The summed E-state index contributed by atoms with van der Waals surface area (Å²) in [4.78, 5) is 21.0. The van der Waals surface area contributed by atoms with Crippen LogP contribution in [0.2, 0.25) is 0 Å². The number of halogens is 1. The first kappa shape index (κ1) is 32.8. The predicted molar refractivity (Wildman–Crippen MR) is 147 cm³/mol. The van der Waals surface area contributed by atoms with Crippen LogP contribution in [0.1, 0.15) is 46.9 Å². The van der Waals surface area contributed by atoms with Crippen molar-refractivity contribution in [3.8, 4) is 6.57 Å². The fraction of sp³-hybridized carbons (Fsp3) is 0.192. The van der Waals surface area contributed by atoms with Crippen molar-refractivity contribution < 1.29 is 14.7 Å². The van der Waals surface area contributed by atoms with Gasteiger partial charge in [0.25, 0.3) is 0 Å². The van der Waals surface area contributed by atoms with Crippen molar-refractivity contribution in [2.24, 2.45) is 0 Å². The lowest BCUT2D eigenvalue weighted by Gasteiger charge is -1.88. The van der Waals surface area contributed by atoms with E-state index in [-0.39, 0.29) is 10.2 Å². The van der Waals surface area contributed by atoms with E-state index in [2.05, 4.69) is 54.7 Å². The lowest BCUT2D eigenvalue weighted by molar-refractivity contribution is 0.108. The number of nitrogens with zero attached hydrogens (tertiary/aromatic N) is 1. The smallest absolute Gasteiger partial charge is 0.216 e. The van der Waals surface area contributed by atoms with Crippen molar-refractivity contribution in [3.05, 3.63) is 107 Å². The number of thiol groups is 2. The van der Waals surface area contributed by atoms with Crippen LogP contribution in [0.3, 0.4) is 0 Å². The number of rotatable bonds is 5. The molecular formula is C26H30BrNO3S2. The van der Waals surface area contributed by atoms with Crippen LogP contribution in [-0.4, -0.2) is 21.9 Å². The molecule has 0 saturated heterocycles. The topological polar surface area (TPSA) is 78.2 Å². The molecule has 7 heteroatoms. The number of hydrogen-bond donors (Lipinski definition) is 3. The Kier molecular flexibility index (Phi) is 24.1. The van der Waals surface area contributed by atoms with E-state index in [1.807, 2.05) is 66.7 Å². The molecule has 0 saturated carbocycles. The first-order valence-corrected chi connectivity index (χ1v) is 11.7. The Morgan fingerprint density at radius 1 is 0.758 bits per heavy atom. The first-order chi connectivity index (χ1) is 15.9. The summed E-state index contributed by atoms with van der Waals surface area (Å²) in [6, 6.07) is 27.9. The van der Waals surface area contributed by atoms with Crippen LogP contribution in [0.15, 0.2) is 95.5 Å². The van der Waals surface area contributed by atoms with Gasteiger partial charge in [0.1, 0.15) is 0 Å². The molecule has 0 unspecified atom stereocenters. The van der Waals surface area contributed by atoms with Gasteiger partial charge in [-0.1, -0.05) is 115 Å². The molecule has 4 nitrogen and oxygen atoms in total. The van der Waals surface area contributed by atoms with E-state index in [0.29, 0.717) is 17.7 Å². The van der Waals surface area contributed by atoms with Gasteiger partial charge in [0, 0.05) is 28.8 Å². The zero-order chi connectivity index (χ0) is 25.3. The SMILES string of the molecule is Brc1ccccc1.C#N.CCCCCO.O=C(S)c1ccccc1.O=C(S)c1ccccc1. The molecule has 0 atom stereocenters. The summed E-state index contributed by atoms with van der Waals surface area (Å²) in [6.45, 7) is 5.98. The van der Waals surface area contributed by atoms with Crippen LogP contribution in [0.25, 0.3) is 0 Å². The summed E-state index contributed by atoms with van der Waals surface area (Å²) in [7, 11) is 0. The van der Waals surface area contributed by atoms with Gasteiger partial charge in [-0.15, -0.1) is 25.3 Å². The van der Waals surface area contributed by atoms with E-state index >= 15 is 0 Å². The van der Waals surface area contributed by atoms with E-state index in [0.717, 1.165) is 17.3 Å². The standard InChI is InChI=1S/2C7H6OS.C6H5Br.C5H12O.CHN/c2*8-7(9)6-4-2-1-3-5-6;7-6-4-2-1-3-5-6;1-2-3-4-5-6;1-2/h2*1-5H,(H,8,9);1-5H;6H,2-5H2,1H3;1H. The van der Waals surface area contributed by atoms with Crippen LogP contribution in [0.4, 0.5) is 0 Å². The van der Waals surface area contributed by atoms with E-state index in [1.54, 1.807) is 24.3 Å². The summed E-state index contributed by atoms with van der Waals surface area (Å²) in [6.07, 6.45) is 3.33. The molecular weight excluding hydrogens is 518 g/mol. The van der Waals surface area contributed by atoms with Gasteiger partial charge in [-0.3, -0.25) is 9.59 Å². The minimum absolute atomic E-state index is 0.185. The van der Waals surface area contributed by atoms with Crippen LogP contribution in [0, 0.1) is 11.8 Å². The van der Waals surface area contributed by atoms with Crippen molar-refractivity contribution in [2.45, 2.75) is 26.2 Å². The summed E-state index contributed by atoms with van der Waals surface area (Å²) >= 11 is 10.6. The molecule has 1 N–H and O–H groups in total. The highest BCUT2D eigenvalue weighted by atomic mass is 79.9. The van der Waals surface area contributed by atoms with Gasteiger partial charge in [-0.25, -0.2) is 5.26 Å². The minimum Gasteiger partial charge on any atom is -0.396 e. The Morgan fingerprint density at radius 2 is 1.09 bits per heavy atom. The normalized spacial score (nSPS) is 8.45. The molecule has 3 rings (SSSR count). The monoisotopic (exact) mass is 547 g/mol. The molecule has 0 spiro atoms. The predicted octanol–water partition coefficient (Wildman–Crippen LogP) is 7.27. The summed E-state index contributed by atoms with van der Waals surface area (Å²) < 4.78 is 1.13. The first-order valence-electron chi connectivity index (χ1n) is 10.1. The van der Waals surface area contributed by atoms with Gasteiger partial charge >= 0.3 is 0 Å². The molecule has 3 aromatic rings. The van der Waals surface area contributed by atoms with Crippen LogP contribution in [-0.2, 0) is 0 Å². The molecule has 0 bridgehead atoms. The maximum absolute atomic E-state index is 10.5. The van der Waals surface area contributed by atoms with Crippen LogP contribution >= 0.6 is 41.2 Å². The van der Waals surface area contributed by atoms with Gasteiger partial charge in [0.2, 0.25) is 10.2 Å². The number of unbranched alkanes of at least 4 members (excludes halogenated alkanes) is 2. The maximum Gasteiger partial charge on any atom is 0.216 e. The Balaban J connectivity index is 0. The van der Waals surface area contributed by atoms with Gasteiger partial charge in [-0.2, -0.15) is 0 Å². The summed E-state index contributed by atoms with van der Waals surface area (Å²) in [5.41, 5.74) is 1.28. The van der Waals surface area contributed by atoms with Gasteiger partial charge in [0.15, 0.2) is 0 Å². The number of benzene rings is 3. The van der Waals surface area contributed by atoms with E-state index < -0.39 is 0 Å². The zero-order valence-electron chi connectivity index (χ0n) is 18.5. The Bertz CT molecular complexity index is 824. The molecule has 176 valence electrons. The number of carbonyl (C=O) groups is 2. The highest BCUT2D eigenvalue weighted by molar-refractivity contribution is 9.10. The number of hydrogen-bond acceptors (Lipinski definition) is 4. The van der Waals surface area contributed by atoms with Gasteiger partial charge in [-0.05, 0) is 18.6 Å². The average molecular weight is 549 g/mol. The fourth-order valence-corrected chi connectivity index (χ4v) is 2.54. The number of nitriles is 1. The molecule has 0 aliphatic rings. The fourth-order valence-electron chi connectivity index (χ4n) is 1.94. The number of aliphatic hydroxyl groups is 1. The minimum atomic E-state index is -0.185. The van der Waals surface area contributed by atoms with E-state index in [4.69, 9.17) is 10.4 Å². The van der Waals surface area contributed by atoms with Crippen LogP contribution < -0.4 is 0 Å². The quantitative estimate of drug-likeness (QED) is 0.232. The molecule has 0 aromatic heterocycles. The third kappa shape index (κ3) is 21.2. The zero-order valence-corrected chi connectivity index (χ0v) is 21.9. The van der Waals surface area contributed by atoms with Gasteiger partial charge < -0.3 is 5.11 Å². The molecule has 0 aliphatic carbocycles. The second-order valence-electron chi connectivity index (χ2n) is 6.07. The molecule has 0 radical (unpaired) electrons. The lowest BCUT2D eigenvalue weighted by Crippen LogP contribution is -1.84. The van der Waals surface area contributed by atoms with Gasteiger partial charge in [0.05, 0.1) is 0 Å². The molecule has 0 aliphatic heterocycles. The second-order valence-corrected chi connectivity index (χ2v) is 7.80. The lowest BCUT2D eigenvalue weighted by atomic mass is 10.2. The van der Waals surface area contributed by atoms with Crippen molar-refractivity contribution in [3.63, 3.8) is 0 Å². The van der Waals surface area contributed by atoms with Crippen molar-refractivity contribution in [1.29, 1.82) is 5.26 Å². The summed E-state index contributed by atoms with van der Waals surface area (Å²) in [5.74, 6) is 0. The highest BCUT2D eigenvalue weighted by Crippen LogP contribution is 2.05. The molecule has 0 heterocycles. The van der Waals surface area contributed by atoms with E-state index in [9.17, 15) is 9.59 Å². The molecule has 3 aromatic carbocycles. The summed E-state index contributed by atoms with van der Waals surface area (Å²) in [5, 5.41) is 14.3. The van der Waals surface area contributed by atoms with Crippen LogP contribution in [0.5, 0.6) is 0 Å². The average Bonchev–Trinajstić information content (AvgIpc) is 2.87. The third-order valence-corrected chi connectivity index (χ3v) is 4.58. The Hall–Kier alpha value is -2.37. The second kappa shape index (κ2) is 24.3. The number of carbonyl (C=O) groups excluding carboxylic acids is 2. The molecule has 0 amide bonds. The third-order valence-electron chi connectivity index (χ3n) is 3.54. The molecule has 0 fully saturated rings. The van der Waals surface area contributed by atoms with E-state index in [1.165, 1.54) is 6.42 Å². The Labute approximate surface area is 216 Å². The number of aliphatic hydroxyl groups excluding tert-OH is 1. The van der Waals surface area contributed by atoms with Crippen molar-refractivity contribution >= 4 is 51.4 Å². The van der Waals surface area contributed by atoms with Crippen molar-refractivity contribution in [2.75, 3.05) is 6.61 Å². The Morgan fingerprint density at radius 3 is 1.24 bits per heavy atom. The molecule has 33 heavy (non-hydrogen) atoms. The highest BCUT2D eigenvalue weighted by Gasteiger charge is 1.94.